The number of aliphatic hydroxyl groups excluding tert-OH is 1. The van der Waals surface area contributed by atoms with Crippen molar-refractivity contribution in [2.45, 2.75) is 56.9 Å². The van der Waals surface area contributed by atoms with Crippen LogP contribution in [-0.4, -0.2) is 67.0 Å². The molecule has 0 aromatic heterocycles. The Balaban J connectivity index is 3.74. The third kappa shape index (κ3) is 1.69. The lowest BCUT2D eigenvalue weighted by Crippen LogP contribution is -2.84. The molecule has 0 amide bonds. The summed E-state index contributed by atoms with van der Waals surface area (Å²) in [5, 5.41) is 41.0. The minimum absolute atomic E-state index is 0.758. The fraction of sp³-hybridized carbons (Fsp3) is 0.750. The average Bonchev–Trinajstić information content (AvgIpc) is 2.32. The summed E-state index contributed by atoms with van der Waals surface area (Å²) in [6.45, 7) is 3.56. The van der Waals surface area contributed by atoms with Crippen molar-refractivity contribution in [1.82, 2.24) is 0 Å². The first kappa shape index (κ1) is 16.9. The number of carbonyl (C=O) groups is 3. The molecular formula is C12H18O8. The summed E-state index contributed by atoms with van der Waals surface area (Å²) in [6.07, 6.45) is -3.38. The Hall–Kier alpha value is -1.19. The van der Waals surface area contributed by atoms with E-state index in [1.807, 2.05) is 0 Å². The van der Waals surface area contributed by atoms with Crippen molar-refractivity contribution in [2.75, 3.05) is 0 Å². The molecule has 1 rings (SSSR count). The monoisotopic (exact) mass is 290 g/mol. The maximum Gasteiger partial charge on any atom is 0.267 e. The Morgan fingerprint density at radius 3 is 1.70 bits per heavy atom. The zero-order valence-corrected chi connectivity index (χ0v) is 11.6. The summed E-state index contributed by atoms with van der Waals surface area (Å²) in [5.41, 5.74) is -6.39. The van der Waals surface area contributed by atoms with Gasteiger partial charge in [-0.15, -0.1) is 0 Å². The molecule has 0 aromatic rings. The minimum Gasteiger partial charge on any atom is -0.387 e. The Morgan fingerprint density at radius 2 is 1.40 bits per heavy atom. The molecule has 8 nitrogen and oxygen atoms in total. The molecule has 5 atom stereocenters. The largest absolute Gasteiger partial charge is 0.387 e. The summed E-state index contributed by atoms with van der Waals surface area (Å²) in [4.78, 5) is 35.1. The second-order valence-corrected chi connectivity index (χ2v) is 5.06. The van der Waals surface area contributed by atoms with Gasteiger partial charge in [-0.3, -0.25) is 14.4 Å². The van der Waals surface area contributed by atoms with Crippen LogP contribution in [0.5, 0.6) is 0 Å². The van der Waals surface area contributed by atoms with Crippen molar-refractivity contribution in [1.29, 1.82) is 0 Å². The van der Waals surface area contributed by atoms with E-state index in [0.29, 0.717) is 0 Å². The van der Waals surface area contributed by atoms with E-state index in [2.05, 4.69) is 0 Å². The predicted molar refractivity (Wildman–Crippen MR) is 63.4 cm³/mol. The molecule has 1 heterocycles. The number of ketones is 3. The normalized spacial score (nSPS) is 45.0. The predicted octanol–water partition coefficient (Wildman–Crippen LogP) is -2.32. The van der Waals surface area contributed by atoms with Crippen LogP contribution < -0.4 is 0 Å². The van der Waals surface area contributed by atoms with Gasteiger partial charge in [-0.05, 0) is 20.8 Å². The molecule has 1 saturated heterocycles. The number of aliphatic hydroxyl groups is 4. The quantitative estimate of drug-likeness (QED) is 0.454. The number of hydrogen-bond acceptors (Lipinski definition) is 8. The molecule has 114 valence electrons. The molecule has 4 N–H and O–H groups in total. The van der Waals surface area contributed by atoms with Gasteiger partial charge in [0.15, 0.2) is 23.0 Å². The van der Waals surface area contributed by atoms with Crippen molar-refractivity contribution in [3.63, 3.8) is 0 Å². The summed E-state index contributed by atoms with van der Waals surface area (Å²) in [7, 11) is 0. The van der Waals surface area contributed by atoms with Gasteiger partial charge in [0, 0.05) is 6.92 Å². The Bertz CT molecular complexity index is 474. The van der Waals surface area contributed by atoms with E-state index in [1.54, 1.807) is 0 Å². The lowest BCUT2D eigenvalue weighted by Gasteiger charge is -2.55. The van der Waals surface area contributed by atoms with Gasteiger partial charge in [0.05, 0.1) is 6.10 Å². The first-order valence-electron chi connectivity index (χ1n) is 5.93. The van der Waals surface area contributed by atoms with E-state index < -0.39 is 46.5 Å². The fourth-order valence-electron chi connectivity index (χ4n) is 2.54. The van der Waals surface area contributed by atoms with Crippen LogP contribution in [0, 0.1) is 0 Å². The molecule has 1 fully saturated rings. The smallest absolute Gasteiger partial charge is 0.267 e. The maximum atomic E-state index is 11.7. The van der Waals surface area contributed by atoms with Gasteiger partial charge in [0.2, 0.25) is 5.60 Å². The molecular weight excluding hydrogens is 272 g/mol. The van der Waals surface area contributed by atoms with E-state index in [9.17, 15) is 34.8 Å². The van der Waals surface area contributed by atoms with Crippen molar-refractivity contribution < 1.29 is 39.5 Å². The van der Waals surface area contributed by atoms with Crippen LogP contribution in [0.25, 0.3) is 0 Å². The van der Waals surface area contributed by atoms with E-state index >= 15 is 0 Å². The Kier molecular flexibility index (Phi) is 3.94. The lowest BCUT2D eigenvalue weighted by molar-refractivity contribution is -0.369. The molecule has 1 aliphatic rings. The first-order valence-corrected chi connectivity index (χ1v) is 5.93. The van der Waals surface area contributed by atoms with Crippen molar-refractivity contribution in [3.05, 3.63) is 0 Å². The molecule has 0 saturated carbocycles. The number of ether oxygens (including phenoxy) is 1. The van der Waals surface area contributed by atoms with Crippen molar-refractivity contribution in [3.8, 4) is 0 Å². The molecule has 20 heavy (non-hydrogen) atoms. The van der Waals surface area contributed by atoms with Crippen LogP contribution in [0.15, 0.2) is 0 Å². The zero-order chi connectivity index (χ0) is 16.1. The Morgan fingerprint density at radius 1 is 0.950 bits per heavy atom. The third-order valence-corrected chi connectivity index (χ3v) is 3.79. The maximum absolute atomic E-state index is 11.7. The average molecular weight is 290 g/mol. The topological polar surface area (TPSA) is 141 Å². The molecule has 0 bridgehead atoms. The number of rotatable bonds is 3. The van der Waals surface area contributed by atoms with Crippen LogP contribution in [0.4, 0.5) is 0 Å². The SMILES string of the molecule is CC(=O)[C@@]1(O)[C@@](O)(C(C)=O)O[C@H](C)[C@@H](O)[C@@]1(O)C(C)=O. The molecule has 0 spiro atoms. The fourth-order valence-corrected chi connectivity index (χ4v) is 2.54. The van der Waals surface area contributed by atoms with Gasteiger partial charge < -0.3 is 25.2 Å². The third-order valence-electron chi connectivity index (χ3n) is 3.79. The Labute approximate surface area is 115 Å². The highest BCUT2D eigenvalue weighted by Gasteiger charge is 2.77. The van der Waals surface area contributed by atoms with Crippen LogP contribution >= 0.6 is 0 Å². The van der Waals surface area contributed by atoms with Gasteiger partial charge in [0.1, 0.15) is 6.10 Å². The van der Waals surface area contributed by atoms with Gasteiger partial charge in [-0.25, -0.2) is 0 Å². The van der Waals surface area contributed by atoms with Crippen LogP contribution in [-0.2, 0) is 19.1 Å². The van der Waals surface area contributed by atoms with Crippen molar-refractivity contribution >= 4 is 17.3 Å². The van der Waals surface area contributed by atoms with Gasteiger partial charge in [0.25, 0.3) is 5.79 Å². The van der Waals surface area contributed by atoms with Crippen molar-refractivity contribution in [2.24, 2.45) is 0 Å². The lowest BCUT2D eigenvalue weighted by atomic mass is 9.65. The number of carbonyl (C=O) groups excluding carboxylic acids is 3. The number of Topliss-reactive ketones (excluding diaryl/α,β-unsaturated/α-hetero) is 3. The molecule has 8 heteroatoms. The summed E-state index contributed by atoms with van der Waals surface area (Å²) in [6, 6.07) is 0. The minimum atomic E-state index is -3.32. The van der Waals surface area contributed by atoms with E-state index in [1.165, 1.54) is 6.92 Å². The van der Waals surface area contributed by atoms with E-state index in [-0.39, 0.29) is 0 Å². The first-order chi connectivity index (χ1) is 8.87. The van der Waals surface area contributed by atoms with Crippen LogP contribution in [0.1, 0.15) is 27.7 Å². The molecule has 1 aliphatic heterocycles. The summed E-state index contributed by atoms with van der Waals surface area (Å²) < 4.78 is 4.84. The number of hydrogen-bond donors (Lipinski definition) is 4. The van der Waals surface area contributed by atoms with E-state index in [4.69, 9.17) is 4.74 Å². The van der Waals surface area contributed by atoms with Gasteiger partial charge in [-0.2, -0.15) is 0 Å². The molecule has 0 radical (unpaired) electrons. The second-order valence-electron chi connectivity index (χ2n) is 5.06. The van der Waals surface area contributed by atoms with Crippen LogP contribution in [0.3, 0.4) is 0 Å². The highest BCUT2D eigenvalue weighted by atomic mass is 16.7. The molecule has 0 aromatic carbocycles. The summed E-state index contributed by atoms with van der Waals surface area (Å²) in [5.74, 6) is -6.80. The van der Waals surface area contributed by atoms with E-state index in [0.717, 1.165) is 20.8 Å². The highest BCUT2D eigenvalue weighted by molar-refractivity contribution is 6.04. The second kappa shape index (κ2) is 4.68. The highest BCUT2D eigenvalue weighted by Crippen LogP contribution is 2.45. The van der Waals surface area contributed by atoms with Gasteiger partial charge in [-0.1, -0.05) is 0 Å². The zero-order valence-electron chi connectivity index (χ0n) is 11.6. The van der Waals surface area contributed by atoms with Crippen LogP contribution in [0.2, 0.25) is 0 Å². The standard InChI is InChI=1S/C12H18O8/c1-5-9(16)10(17,6(2)13)11(18,7(3)14)12(19,20-5)8(4)15/h5,9,16-19H,1-4H3/t5-,9-,10+,11+,12-/m1/s1. The molecule has 0 unspecified atom stereocenters. The summed E-state index contributed by atoms with van der Waals surface area (Å²) >= 11 is 0. The van der Waals surface area contributed by atoms with Gasteiger partial charge >= 0.3 is 0 Å². The molecule has 0 aliphatic carbocycles.